The number of rotatable bonds is 6. The van der Waals surface area contributed by atoms with Crippen molar-refractivity contribution in [2.45, 2.75) is 49.5 Å². The maximum absolute atomic E-state index is 12.1. The van der Waals surface area contributed by atoms with E-state index < -0.39 is 0 Å². The minimum atomic E-state index is 0.110. The second kappa shape index (κ2) is 8.44. The van der Waals surface area contributed by atoms with Crippen LogP contribution in [0.5, 0.6) is 0 Å². The van der Waals surface area contributed by atoms with Gasteiger partial charge in [-0.1, -0.05) is 31.4 Å². The lowest BCUT2D eigenvalue weighted by molar-refractivity contribution is -0.116. The second-order valence-electron chi connectivity index (χ2n) is 5.77. The first-order valence-electron chi connectivity index (χ1n) is 7.84. The molecule has 0 radical (unpaired) electrons. The van der Waals surface area contributed by atoms with Gasteiger partial charge in [0.15, 0.2) is 0 Å². The van der Waals surface area contributed by atoms with Crippen LogP contribution in [0.25, 0.3) is 0 Å². The molecule has 1 N–H and O–H groups in total. The largest absolute Gasteiger partial charge is 0.325 e. The molecule has 1 aliphatic carbocycles. The summed E-state index contributed by atoms with van der Waals surface area (Å²) in [7, 11) is 2.15. The van der Waals surface area contributed by atoms with Crippen LogP contribution in [0.2, 0.25) is 0 Å². The summed E-state index contributed by atoms with van der Waals surface area (Å²) in [5, 5.41) is 3.03. The molecule has 0 aromatic heterocycles. The number of carbonyl (C=O) groups is 1. The van der Waals surface area contributed by atoms with Gasteiger partial charge in [0.2, 0.25) is 5.91 Å². The maximum Gasteiger partial charge on any atom is 0.225 e. The highest BCUT2D eigenvalue weighted by Crippen LogP contribution is 2.25. The molecule has 1 saturated carbocycles. The van der Waals surface area contributed by atoms with E-state index in [0.29, 0.717) is 12.5 Å². The van der Waals surface area contributed by atoms with Crippen molar-refractivity contribution < 1.29 is 4.79 Å². The SMILES string of the molecule is CSc1ccccc1NC(=O)CCN(C)C1CCCCC1. The Labute approximate surface area is 132 Å². The molecule has 1 amide bonds. The lowest BCUT2D eigenvalue weighted by Gasteiger charge is -2.30. The summed E-state index contributed by atoms with van der Waals surface area (Å²) < 4.78 is 0. The van der Waals surface area contributed by atoms with E-state index in [0.717, 1.165) is 17.1 Å². The Hall–Kier alpha value is -1.00. The standard InChI is InChI=1S/C17H26N2OS/c1-19(14-8-4-3-5-9-14)13-12-17(20)18-15-10-6-7-11-16(15)21-2/h6-7,10-11,14H,3-5,8-9,12-13H2,1-2H3,(H,18,20). The number of carbonyl (C=O) groups excluding carboxylic acids is 1. The summed E-state index contributed by atoms with van der Waals surface area (Å²) in [5.41, 5.74) is 0.926. The predicted molar refractivity (Wildman–Crippen MR) is 91.0 cm³/mol. The zero-order valence-corrected chi connectivity index (χ0v) is 13.9. The van der Waals surface area contributed by atoms with Crippen LogP contribution in [0.15, 0.2) is 29.2 Å². The molecule has 1 aromatic carbocycles. The van der Waals surface area contributed by atoms with Crippen LogP contribution in [-0.2, 0) is 4.79 Å². The lowest BCUT2D eigenvalue weighted by atomic mass is 9.94. The van der Waals surface area contributed by atoms with E-state index in [4.69, 9.17) is 0 Å². The summed E-state index contributed by atoms with van der Waals surface area (Å²) in [6, 6.07) is 8.63. The summed E-state index contributed by atoms with van der Waals surface area (Å²) in [5.74, 6) is 0.110. The van der Waals surface area contributed by atoms with E-state index >= 15 is 0 Å². The van der Waals surface area contributed by atoms with Crippen LogP contribution < -0.4 is 5.32 Å². The van der Waals surface area contributed by atoms with E-state index in [1.165, 1.54) is 32.1 Å². The van der Waals surface area contributed by atoms with Gasteiger partial charge in [0.1, 0.15) is 0 Å². The highest BCUT2D eigenvalue weighted by molar-refractivity contribution is 7.98. The minimum Gasteiger partial charge on any atom is -0.325 e. The van der Waals surface area contributed by atoms with Gasteiger partial charge in [-0.3, -0.25) is 4.79 Å². The first kappa shape index (κ1) is 16.4. The molecule has 21 heavy (non-hydrogen) atoms. The van der Waals surface area contributed by atoms with Crippen molar-refractivity contribution in [1.82, 2.24) is 4.90 Å². The van der Waals surface area contributed by atoms with Crippen LogP contribution in [0.1, 0.15) is 38.5 Å². The number of hydrogen-bond donors (Lipinski definition) is 1. The lowest BCUT2D eigenvalue weighted by Crippen LogP contribution is -2.35. The van der Waals surface area contributed by atoms with Crippen molar-refractivity contribution in [3.63, 3.8) is 0 Å². The van der Waals surface area contributed by atoms with Crippen molar-refractivity contribution in [2.24, 2.45) is 0 Å². The van der Waals surface area contributed by atoms with E-state index in [1.54, 1.807) is 11.8 Å². The summed E-state index contributed by atoms with van der Waals surface area (Å²) >= 11 is 1.66. The Bertz CT molecular complexity index is 458. The Kier molecular flexibility index (Phi) is 6.58. The van der Waals surface area contributed by atoms with Crippen LogP contribution in [-0.4, -0.2) is 36.7 Å². The van der Waals surface area contributed by atoms with Gasteiger partial charge in [0.05, 0.1) is 5.69 Å². The van der Waals surface area contributed by atoms with Gasteiger partial charge in [-0.05, 0) is 38.3 Å². The van der Waals surface area contributed by atoms with Gasteiger partial charge in [-0.2, -0.15) is 0 Å². The quantitative estimate of drug-likeness (QED) is 0.806. The van der Waals surface area contributed by atoms with Crippen molar-refractivity contribution in [3.05, 3.63) is 24.3 Å². The average molecular weight is 306 g/mol. The number of thioether (sulfide) groups is 1. The Morgan fingerprint density at radius 3 is 2.71 bits per heavy atom. The predicted octanol–water partition coefficient (Wildman–Crippen LogP) is 4.00. The van der Waals surface area contributed by atoms with Gasteiger partial charge in [0.25, 0.3) is 0 Å². The number of anilines is 1. The molecule has 4 heteroatoms. The monoisotopic (exact) mass is 306 g/mol. The molecule has 0 unspecified atom stereocenters. The van der Waals surface area contributed by atoms with Crippen LogP contribution in [0.4, 0.5) is 5.69 Å². The van der Waals surface area contributed by atoms with Crippen LogP contribution in [0, 0.1) is 0 Å². The van der Waals surface area contributed by atoms with E-state index in [9.17, 15) is 4.79 Å². The fourth-order valence-corrected chi connectivity index (χ4v) is 3.50. The Morgan fingerprint density at radius 1 is 1.29 bits per heavy atom. The second-order valence-corrected chi connectivity index (χ2v) is 6.62. The van der Waals surface area contributed by atoms with Gasteiger partial charge < -0.3 is 10.2 Å². The molecule has 116 valence electrons. The molecule has 3 nitrogen and oxygen atoms in total. The van der Waals surface area contributed by atoms with Crippen LogP contribution in [0.3, 0.4) is 0 Å². The Morgan fingerprint density at radius 2 is 2.00 bits per heavy atom. The third-order valence-corrected chi connectivity index (χ3v) is 5.07. The number of amides is 1. The van der Waals surface area contributed by atoms with E-state index in [1.807, 2.05) is 30.5 Å². The zero-order valence-electron chi connectivity index (χ0n) is 13.1. The zero-order chi connectivity index (χ0) is 15.1. The number of para-hydroxylation sites is 1. The van der Waals surface area contributed by atoms with Gasteiger partial charge in [-0.25, -0.2) is 0 Å². The van der Waals surface area contributed by atoms with Crippen LogP contribution >= 0.6 is 11.8 Å². The average Bonchev–Trinajstić information content (AvgIpc) is 2.54. The number of hydrogen-bond acceptors (Lipinski definition) is 3. The summed E-state index contributed by atoms with van der Waals surface area (Å²) in [6.45, 7) is 0.845. The van der Waals surface area contributed by atoms with Crippen molar-refractivity contribution in [2.75, 3.05) is 25.2 Å². The third kappa shape index (κ3) is 5.04. The van der Waals surface area contributed by atoms with Gasteiger partial charge in [0, 0.05) is 23.9 Å². The molecule has 1 fully saturated rings. The number of nitrogens with one attached hydrogen (secondary N) is 1. The van der Waals surface area contributed by atoms with E-state index in [2.05, 4.69) is 17.3 Å². The van der Waals surface area contributed by atoms with Crippen molar-refractivity contribution in [3.8, 4) is 0 Å². The molecular formula is C17H26N2OS. The highest BCUT2D eigenvalue weighted by atomic mass is 32.2. The molecule has 0 atom stereocenters. The smallest absolute Gasteiger partial charge is 0.225 e. The molecule has 1 aromatic rings. The molecule has 0 bridgehead atoms. The number of nitrogens with zero attached hydrogens (tertiary/aromatic N) is 1. The fourth-order valence-electron chi connectivity index (χ4n) is 2.94. The minimum absolute atomic E-state index is 0.110. The normalized spacial score (nSPS) is 16.1. The summed E-state index contributed by atoms with van der Waals surface area (Å²) in [6.07, 6.45) is 9.21. The molecule has 0 aliphatic heterocycles. The summed E-state index contributed by atoms with van der Waals surface area (Å²) in [4.78, 5) is 15.6. The first-order chi connectivity index (χ1) is 10.2. The Balaban J connectivity index is 1.79. The van der Waals surface area contributed by atoms with Crippen molar-refractivity contribution in [1.29, 1.82) is 0 Å². The van der Waals surface area contributed by atoms with Gasteiger partial charge >= 0.3 is 0 Å². The topological polar surface area (TPSA) is 32.3 Å². The highest BCUT2D eigenvalue weighted by Gasteiger charge is 2.18. The fraction of sp³-hybridized carbons (Fsp3) is 0.588. The third-order valence-electron chi connectivity index (χ3n) is 4.27. The van der Waals surface area contributed by atoms with Gasteiger partial charge in [-0.15, -0.1) is 11.8 Å². The van der Waals surface area contributed by atoms with E-state index in [-0.39, 0.29) is 5.91 Å². The number of benzene rings is 1. The molecule has 1 aliphatic rings. The molecule has 2 rings (SSSR count). The molecule has 0 heterocycles. The first-order valence-corrected chi connectivity index (χ1v) is 9.06. The van der Waals surface area contributed by atoms with Crippen molar-refractivity contribution >= 4 is 23.4 Å². The molecular weight excluding hydrogens is 280 g/mol. The maximum atomic E-state index is 12.1. The molecule has 0 saturated heterocycles. The molecule has 0 spiro atoms.